The van der Waals surface area contributed by atoms with E-state index in [9.17, 15) is 9.90 Å². The topological polar surface area (TPSA) is 57.8 Å². The lowest BCUT2D eigenvalue weighted by Crippen LogP contribution is -2.21. The molecular formula is C36H35O4+. The van der Waals surface area contributed by atoms with Crippen molar-refractivity contribution in [3.05, 3.63) is 136 Å². The van der Waals surface area contributed by atoms with Gasteiger partial charge in [0, 0.05) is 17.0 Å². The van der Waals surface area contributed by atoms with E-state index in [2.05, 4.69) is 41.5 Å². The van der Waals surface area contributed by atoms with Crippen LogP contribution in [0.25, 0.3) is 23.2 Å². The van der Waals surface area contributed by atoms with E-state index in [0.717, 1.165) is 33.8 Å². The number of hydrogen-bond acceptors (Lipinski definition) is 3. The van der Waals surface area contributed by atoms with E-state index >= 15 is 0 Å². The lowest BCUT2D eigenvalue weighted by molar-refractivity contribution is -0.113. The molecule has 4 heteroatoms. The molecule has 0 unspecified atom stereocenters. The van der Waals surface area contributed by atoms with Crippen molar-refractivity contribution in [2.24, 2.45) is 5.41 Å². The van der Waals surface area contributed by atoms with Gasteiger partial charge in [0.25, 0.3) is 0 Å². The number of aliphatic hydroxyl groups is 1. The van der Waals surface area contributed by atoms with Gasteiger partial charge in [0.1, 0.15) is 17.3 Å². The second kappa shape index (κ2) is 10.3. The second-order valence-corrected chi connectivity index (χ2v) is 12.3. The first-order valence-electron chi connectivity index (χ1n) is 13.5. The van der Waals surface area contributed by atoms with Gasteiger partial charge >= 0.3 is 11.5 Å². The summed E-state index contributed by atoms with van der Waals surface area (Å²) in [7, 11) is 0. The van der Waals surface area contributed by atoms with Gasteiger partial charge in [0.2, 0.25) is 5.78 Å². The van der Waals surface area contributed by atoms with Gasteiger partial charge in [-0.2, -0.15) is 0 Å². The van der Waals surface area contributed by atoms with Gasteiger partial charge in [-0.1, -0.05) is 69.3 Å². The predicted molar refractivity (Wildman–Crippen MR) is 161 cm³/mol. The Morgan fingerprint density at radius 1 is 0.775 bits per heavy atom. The number of rotatable bonds is 4. The number of ether oxygens (including phenoxy) is 1. The van der Waals surface area contributed by atoms with E-state index in [4.69, 9.17) is 9.15 Å². The first-order chi connectivity index (χ1) is 18.9. The fraction of sp³-hybridized carbons (Fsp3) is 0.222. The highest BCUT2D eigenvalue weighted by Crippen LogP contribution is 2.39. The smallest absolute Gasteiger partial charge is 0.360 e. The molecule has 0 radical (unpaired) electrons. The van der Waals surface area contributed by atoms with E-state index in [1.807, 2.05) is 84.9 Å². The van der Waals surface area contributed by atoms with Gasteiger partial charge in [-0.3, -0.25) is 4.79 Å². The number of aliphatic hydroxyl groups excluding tert-OH is 1. The van der Waals surface area contributed by atoms with Crippen LogP contribution in [0.2, 0.25) is 0 Å². The summed E-state index contributed by atoms with van der Waals surface area (Å²) in [6, 6.07) is 23.6. The highest BCUT2D eigenvalue weighted by molar-refractivity contribution is 6.23. The monoisotopic (exact) mass is 531 g/mol. The minimum absolute atomic E-state index is 0.0104. The molecule has 0 amide bonds. The first-order valence-corrected chi connectivity index (χ1v) is 13.5. The van der Waals surface area contributed by atoms with Gasteiger partial charge in [0.15, 0.2) is 0 Å². The molecule has 202 valence electrons. The number of hydrogen-bond donors (Lipinski definition) is 1. The molecule has 5 rings (SSSR count). The van der Waals surface area contributed by atoms with Crippen molar-refractivity contribution in [2.75, 3.05) is 0 Å². The van der Waals surface area contributed by atoms with Crippen LogP contribution in [-0.4, -0.2) is 10.9 Å². The fourth-order valence-corrected chi connectivity index (χ4v) is 4.48. The SMILES string of the molecule is CC(C)(C)C1=CC(=CC2=C(O)C(=Cc3cc(-c4ccccc4)[o+]c(C(C)(C)C)c3)C2=O)C=C(c2ccccc2)O1. The summed E-state index contributed by atoms with van der Waals surface area (Å²) in [4.78, 5) is 13.3. The summed E-state index contributed by atoms with van der Waals surface area (Å²) in [5, 5.41) is 11.0. The molecule has 1 N–H and O–H groups in total. The van der Waals surface area contributed by atoms with Crippen molar-refractivity contribution >= 4 is 17.6 Å². The molecule has 2 heterocycles. The summed E-state index contributed by atoms with van der Waals surface area (Å²) < 4.78 is 12.5. The Hall–Kier alpha value is -4.44. The van der Waals surface area contributed by atoms with E-state index in [-0.39, 0.29) is 33.5 Å². The van der Waals surface area contributed by atoms with Crippen LogP contribution in [0.3, 0.4) is 0 Å². The summed E-state index contributed by atoms with van der Waals surface area (Å²) in [6.07, 6.45) is 7.31. The minimum Gasteiger partial charge on any atom is -0.506 e. The van der Waals surface area contributed by atoms with Crippen LogP contribution in [0, 0.1) is 5.41 Å². The Kier molecular flexibility index (Phi) is 6.97. The Balaban J connectivity index is 1.54. The maximum Gasteiger partial charge on any atom is 0.360 e. The Labute approximate surface area is 236 Å². The number of allylic oxidation sites excluding steroid dienone is 7. The molecule has 0 bridgehead atoms. The largest absolute Gasteiger partial charge is 0.506 e. The molecular weight excluding hydrogens is 496 g/mol. The molecule has 2 aliphatic rings. The molecule has 4 nitrogen and oxygen atoms in total. The molecule has 0 saturated carbocycles. The number of benzene rings is 2. The van der Waals surface area contributed by atoms with Crippen molar-refractivity contribution in [3.63, 3.8) is 0 Å². The summed E-state index contributed by atoms with van der Waals surface area (Å²) in [5.74, 6) is 2.79. The summed E-state index contributed by atoms with van der Waals surface area (Å²) in [5.41, 5.74) is 3.58. The zero-order valence-corrected chi connectivity index (χ0v) is 23.9. The molecule has 3 aromatic rings. The zero-order valence-electron chi connectivity index (χ0n) is 23.9. The van der Waals surface area contributed by atoms with Crippen LogP contribution in [0.5, 0.6) is 0 Å². The fourth-order valence-electron chi connectivity index (χ4n) is 4.48. The number of carbonyl (C=O) groups is 1. The van der Waals surface area contributed by atoms with E-state index < -0.39 is 0 Å². The first kappa shape index (κ1) is 27.1. The van der Waals surface area contributed by atoms with Gasteiger partial charge in [-0.05, 0) is 68.3 Å². The summed E-state index contributed by atoms with van der Waals surface area (Å²) >= 11 is 0. The molecule has 0 spiro atoms. The van der Waals surface area contributed by atoms with E-state index in [1.54, 1.807) is 12.2 Å². The van der Waals surface area contributed by atoms with Crippen LogP contribution < -0.4 is 0 Å². The number of Topliss-reactive ketones (excluding diaryl/α,β-unsaturated/α-hetero) is 1. The van der Waals surface area contributed by atoms with Crippen molar-refractivity contribution < 1.29 is 19.1 Å². The average Bonchev–Trinajstić information content (AvgIpc) is 2.94. The quantitative estimate of drug-likeness (QED) is 0.269. The van der Waals surface area contributed by atoms with Gasteiger partial charge in [-0.25, -0.2) is 4.42 Å². The molecule has 2 aromatic carbocycles. The molecule has 0 saturated heterocycles. The third-order valence-corrected chi connectivity index (χ3v) is 6.85. The van der Waals surface area contributed by atoms with Gasteiger partial charge < -0.3 is 9.84 Å². The third kappa shape index (κ3) is 5.62. The van der Waals surface area contributed by atoms with Crippen molar-refractivity contribution in [1.82, 2.24) is 0 Å². The van der Waals surface area contributed by atoms with Gasteiger partial charge in [-0.15, -0.1) is 0 Å². The second-order valence-electron chi connectivity index (χ2n) is 12.3. The lowest BCUT2D eigenvalue weighted by atomic mass is 9.84. The minimum atomic E-state index is -0.238. The Bertz CT molecular complexity index is 1620. The van der Waals surface area contributed by atoms with E-state index in [0.29, 0.717) is 11.5 Å². The van der Waals surface area contributed by atoms with Crippen LogP contribution in [0.4, 0.5) is 0 Å². The van der Waals surface area contributed by atoms with Crippen molar-refractivity contribution in [2.45, 2.75) is 47.0 Å². The van der Waals surface area contributed by atoms with Crippen molar-refractivity contribution in [1.29, 1.82) is 0 Å². The van der Waals surface area contributed by atoms with E-state index in [1.165, 1.54) is 0 Å². The van der Waals surface area contributed by atoms with Crippen LogP contribution in [0.1, 0.15) is 58.4 Å². The van der Waals surface area contributed by atoms with Gasteiger partial charge in [0.05, 0.1) is 28.2 Å². The number of carbonyl (C=O) groups excluding carboxylic acids is 1. The van der Waals surface area contributed by atoms with Crippen LogP contribution in [0.15, 0.2) is 124 Å². The number of ketones is 1. The maximum atomic E-state index is 13.3. The highest BCUT2D eigenvalue weighted by Gasteiger charge is 2.34. The molecule has 1 aliphatic carbocycles. The Morgan fingerprint density at radius 3 is 1.98 bits per heavy atom. The zero-order chi connectivity index (χ0) is 28.7. The van der Waals surface area contributed by atoms with Crippen LogP contribution >= 0.6 is 0 Å². The Morgan fingerprint density at radius 2 is 1.40 bits per heavy atom. The molecule has 40 heavy (non-hydrogen) atoms. The molecule has 1 aromatic heterocycles. The lowest BCUT2D eigenvalue weighted by Gasteiger charge is -2.28. The maximum absolute atomic E-state index is 13.3. The molecule has 0 fully saturated rings. The predicted octanol–water partition coefficient (Wildman–Crippen LogP) is 9.23. The molecule has 1 aliphatic heterocycles. The van der Waals surface area contributed by atoms with Crippen molar-refractivity contribution in [3.8, 4) is 11.3 Å². The molecule has 0 atom stereocenters. The standard InChI is InChI=1S/C36H34O4/c1-35(2,3)31-21-23(19-29(39-31)25-13-9-7-10-14-25)17-27-33(37)28(34(27)38)18-24-20-30(26-15-11-8-12-16-26)40-32(22-24)36(4,5)6/h7-22H,1-6H3/p+1. The third-order valence-electron chi connectivity index (χ3n) is 6.85. The summed E-state index contributed by atoms with van der Waals surface area (Å²) in [6.45, 7) is 12.5. The highest BCUT2D eigenvalue weighted by atomic mass is 16.5. The normalized spacial score (nSPS) is 17.9. The van der Waals surface area contributed by atoms with Crippen LogP contribution in [-0.2, 0) is 14.9 Å². The average molecular weight is 532 g/mol.